The molecule has 15 aromatic rings. The fourth-order valence-electron chi connectivity index (χ4n) is 11.9. The fourth-order valence-corrected chi connectivity index (χ4v) is 11.9. The van der Waals surface area contributed by atoms with E-state index in [-0.39, 0.29) is 0 Å². The second kappa shape index (κ2) is 16.1. The first-order valence-corrected chi connectivity index (χ1v) is 24.8. The van der Waals surface area contributed by atoms with Gasteiger partial charge < -0.3 is 18.3 Å². The van der Waals surface area contributed by atoms with Crippen molar-refractivity contribution in [3.05, 3.63) is 260 Å². The lowest BCUT2D eigenvalue weighted by Crippen LogP contribution is -2.02. The van der Waals surface area contributed by atoms with E-state index in [0.29, 0.717) is 22.6 Å². The maximum atomic E-state index is 10.9. The number of fused-ring (bicyclic) bond motifs is 12. The zero-order valence-electron chi connectivity index (χ0n) is 39.8. The summed E-state index contributed by atoms with van der Waals surface area (Å²) < 4.78 is 9.13. The summed E-state index contributed by atoms with van der Waals surface area (Å²) in [6.07, 6.45) is 0. The molecule has 342 valence electrons. The highest BCUT2D eigenvalue weighted by atomic mass is 15.0. The second-order valence-electron chi connectivity index (χ2n) is 19.1. The minimum Gasteiger partial charge on any atom is -0.319 e. The quantitative estimate of drug-likeness (QED) is 0.153. The molecule has 0 saturated carbocycles. The van der Waals surface area contributed by atoms with E-state index in [0.717, 1.165) is 88.3 Å². The van der Waals surface area contributed by atoms with Gasteiger partial charge in [-0.25, -0.2) is 4.85 Å². The molecule has 6 nitrogen and oxygen atoms in total. The molecule has 0 fully saturated rings. The van der Waals surface area contributed by atoms with Crippen molar-refractivity contribution in [2.45, 2.75) is 0 Å². The molecule has 4 aromatic heterocycles. The van der Waals surface area contributed by atoms with Gasteiger partial charge in [0.1, 0.15) is 0 Å². The summed E-state index contributed by atoms with van der Waals surface area (Å²) in [5, 5.41) is 20.1. The monoisotopic (exact) mass is 940 g/mol. The third kappa shape index (κ3) is 6.04. The number of hydrogen-bond donors (Lipinski definition) is 0. The van der Waals surface area contributed by atoms with E-state index in [9.17, 15) is 5.26 Å². The van der Waals surface area contributed by atoms with Crippen LogP contribution in [0.1, 0.15) is 5.56 Å². The zero-order valence-corrected chi connectivity index (χ0v) is 39.8. The maximum absolute atomic E-state index is 10.9. The Labute approximate surface area is 425 Å². The lowest BCUT2D eigenvalue weighted by molar-refractivity contribution is 1.13. The normalized spacial score (nSPS) is 11.8. The number of hydrogen-bond acceptors (Lipinski definition) is 1. The molecule has 0 bridgehead atoms. The van der Waals surface area contributed by atoms with Crippen molar-refractivity contribution in [2.75, 3.05) is 0 Å². The Morgan fingerprint density at radius 3 is 1.09 bits per heavy atom. The van der Waals surface area contributed by atoms with Crippen molar-refractivity contribution in [1.82, 2.24) is 18.3 Å². The number of nitrogens with zero attached hydrogens (tertiary/aromatic N) is 6. The second-order valence-corrected chi connectivity index (χ2v) is 19.1. The van der Waals surface area contributed by atoms with Crippen molar-refractivity contribution >= 4 is 92.9 Å². The van der Waals surface area contributed by atoms with Gasteiger partial charge in [0.05, 0.1) is 73.7 Å². The van der Waals surface area contributed by atoms with Crippen LogP contribution in [-0.4, -0.2) is 18.3 Å². The SMILES string of the molecule is [C-]#[N+]c1cc(C#N)c(-n2c3ccccc3c3cc(-c4ccc5c6ccccc6n(-c6ccccc6)c5c4)ccc32)cc1-n1c2ccccc2c2cc(-c3ccc4c5ccccc5n(-c5ccccc5)c4c3)ccc21. The minimum atomic E-state index is 0.405. The van der Waals surface area contributed by atoms with Crippen molar-refractivity contribution in [3.63, 3.8) is 0 Å². The molecule has 0 saturated heterocycles. The van der Waals surface area contributed by atoms with Crippen LogP contribution in [0.3, 0.4) is 0 Å². The highest BCUT2D eigenvalue weighted by Crippen LogP contribution is 2.43. The van der Waals surface area contributed by atoms with Gasteiger partial charge in [0, 0.05) is 54.5 Å². The van der Waals surface area contributed by atoms with Gasteiger partial charge in [-0.15, -0.1) is 0 Å². The first-order chi connectivity index (χ1) is 36.6. The van der Waals surface area contributed by atoms with E-state index in [1.807, 2.05) is 0 Å². The predicted octanol–water partition coefficient (Wildman–Crippen LogP) is 17.8. The summed E-state index contributed by atoms with van der Waals surface area (Å²) in [7, 11) is 0. The molecular formula is C68H40N6. The van der Waals surface area contributed by atoms with Crippen LogP contribution in [0.4, 0.5) is 5.69 Å². The van der Waals surface area contributed by atoms with Crippen LogP contribution in [0.25, 0.3) is 137 Å². The Morgan fingerprint density at radius 1 is 0.297 bits per heavy atom. The third-order valence-electron chi connectivity index (χ3n) is 15.2. The first-order valence-electron chi connectivity index (χ1n) is 24.8. The Kier molecular flexibility index (Phi) is 8.99. The van der Waals surface area contributed by atoms with Crippen LogP contribution in [0, 0.1) is 17.9 Å². The largest absolute Gasteiger partial charge is 0.319 e. The van der Waals surface area contributed by atoms with Gasteiger partial charge in [-0.3, -0.25) is 0 Å². The number of rotatable bonds is 6. The average Bonchev–Trinajstić information content (AvgIpc) is 4.22. The lowest BCUT2D eigenvalue weighted by atomic mass is 10.0. The molecule has 0 aliphatic rings. The number of benzene rings is 11. The summed E-state index contributed by atoms with van der Waals surface area (Å²) >= 11 is 0. The minimum absolute atomic E-state index is 0.405. The standard InChI is InChI=1S/C68H40N6/c1-70-58-38-47(42-69)65(73-61-26-14-10-22-52(61)56-36-43(30-34-63(56)73)45-28-32-54-50-20-8-12-24-59(50)71(66(54)39-45)48-16-4-2-5-17-48)41-68(58)74-62-27-15-11-23-53(62)57-37-44(31-35-64(57)74)46-29-33-55-51-21-9-13-25-60(51)72(67(55)40-46)49-18-6-3-7-19-49/h2-41H. The number of para-hydroxylation sites is 6. The molecule has 11 aromatic carbocycles. The maximum Gasteiger partial charge on any atom is 0.212 e. The van der Waals surface area contributed by atoms with E-state index in [4.69, 9.17) is 6.57 Å². The zero-order chi connectivity index (χ0) is 49.0. The fraction of sp³-hybridized carbons (Fsp3) is 0. The predicted molar refractivity (Wildman–Crippen MR) is 306 cm³/mol. The van der Waals surface area contributed by atoms with Gasteiger partial charge in [0.2, 0.25) is 5.69 Å². The summed E-state index contributed by atoms with van der Waals surface area (Å²) in [5.41, 5.74) is 17.5. The molecule has 4 heterocycles. The van der Waals surface area contributed by atoms with Gasteiger partial charge in [-0.2, -0.15) is 5.26 Å². The van der Waals surface area contributed by atoms with Crippen LogP contribution in [0.2, 0.25) is 0 Å². The van der Waals surface area contributed by atoms with Crippen molar-refractivity contribution in [1.29, 1.82) is 5.26 Å². The molecule has 15 rings (SSSR count). The highest BCUT2D eigenvalue weighted by Gasteiger charge is 2.23. The van der Waals surface area contributed by atoms with Crippen LogP contribution in [0.15, 0.2) is 243 Å². The topological polar surface area (TPSA) is 47.9 Å². The van der Waals surface area contributed by atoms with Crippen LogP contribution in [0.5, 0.6) is 0 Å². The van der Waals surface area contributed by atoms with Crippen molar-refractivity contribution in [2.24, 2.45) is 0 Å². The van der Waals surface area contributed by atoms with Gasteiger partial charge in [-0.05, 0) is 119 Å². The third-order valence-corrected chi connectivity index (χ3v) is 15.2. The number of nitriles is 1. The van der Waals surface area contributed by atoms with Crippen LogP contribution >= 0.6 is 0 Å². The molecule has 0 N–H and O–H groups in total. The highest BCUT2D eigenvalue weighted by molar-refractivity contribution is 6.15. The first kappa shape index (κ1) is 41.4. The van der Waals surface area contributed by atoms with Crippen LogP contribution < -0.4 is 0 Å². The van der Waals surface area contributed by atoms with Crippen molar-refractivity contribution in [3.8, 4) is 51.1 Å². The van der Waals surface area contributed by atoms with Crippen molar-refractivity contribution < 1.29 is 0 Å². The van der Waals surface area contributed by atoms with Gasteiger partial charge in [-0.1, -0.05) is 146 Å². The summed E-state index contributed by atoms with van der Waals surface area (Å²) in [4.78, 5) is 4.11. The van der Waals surface area contributed by atoms with E-state index in [1.54, 1.807) is 6.07 Å². The summed E-state index contributed by atoms with van der Waals surface area (Å²) in [6, 6.07) is 88.5. The van der Waals surface area contributed by atoms with Crippen LogP contribution in [-0.2, 0) is 0 Å². The Hall–Kier alpha value is -10.4. The molecule has 0 spiro atoms. The van der Waals surface area contributed by atoms with Gasteiger partial charge in [0.15, 0.2) is 0 Å². The van der Waals surface area contributed by atoms with E-state index < -0.39 is 0 Å². The molecule has 0 aliphatic carbocycles. The van der Waals surface area contributed by atoms with Gasteiger partial charge in [0.25, 0.3) is 0 Å². The van der Waals surface area contributed by atoms with Gasteiger partial charge >= 0.3 is 0 Å². The summed E-state index contributed by atoms with van der Waals surface area (Å²) in [6.45, 7) is 8.56. The smallest absolute Gasteiger partial charge is 0.212 e. The molecule has 74 heavy (non-hydrogen) atoms. The molecular weight excluding hydrogens is 901 g/mol. The molecule has 0 amide bonds. The molecule has 0 radical (unpaired) electrons. The average molecular weight is 941 g/mol. The Morgan fingerprint density at radius 2 is 0.649 bits per heavy atom. The molecule has 0 atom stereocenters. The Balaban J connectivity index is 0.896. The molecule has 0 unspecified atom stereocenters. The number of aromatic nitrogens is 4. The Bertz CT molecular complexity index is 4610. The van der Waals surface area contributed by atoms with E-state index in [2.05, 4.69) is 266 Å². The lowest BCUT2D eigenvalue weighted by Gasteiger charge is -2.16. The molecule has 6 heteroatoms. The summed E-state index contributed by atoms with van der Waals surface area (Å²) in [5.74, 6) is 0. The van der Waals surface area contributed by atoms with E-state index in [1.165, 1.54) is 32.6 Å². The molecule has 0 aliphatic heterocycles. The van der Waals surface area contributed by atoms with E-state index >= 15 is 0 Å².